The van der Waals surface area contributed by atoms with Gasteiger partial charge in [0.15, 0.2) is 6.61 Å². The van der Waals surface area contributed by atoms with Crippen molar-refractivity contribution in [3.05, 3.63) is 96.1 Å². The number of para-hydroxylation sites is 1. The normalized spacial score (nSPS) is 10.9. The summed E-state index contributed by atoms with van der Waals surface area (Å²) < 4.78 is 6.40. The van der Waals surface area contributed by atoms with Gasteiger partial charge >= 0.3 is 5.97 Å². The average Bonchev–Trinajstić information content (AvgIpc) is 3.31. The molecule has 7 nitrogen and oxygen atoms in total. The van der Waals surface area contributed by atoms with Gasteiger partial charge < -0.3 is 15.8 Å². The third-order valence-corrected chi connectivity index (χ3v) is 6.51. The highest BCUT2D eigenvalue weighted by Gasteiger charge is 2.18. The molecular formula is C27H19N3O4S. The van der Waals surface area contributed by atoms with Crippen molar-refractivity contribution < 1.29 is 19.1 Å². The maximum atomic E-state index is 13.0. The van der Waals surface area contributed by atoms with Crippen LogP contribution in [0.3, 0.4) is 0 Å². The van der Waals surface area contributed by atoms with Crippen LogP contribution >= 0.6 is 11.3 Å². The molecule has 0 aliphatic carbocycles. The summed E-state index contributed by atoms with van der Waals surface area (Å²) in [6, 6.07) is 25.1. The van der Waals surface area contributed by atoms with E-state index in [1.807, 2.05) is 48.5 Å². The minimum atomic E-state index is -0.608. The van der Waals surface area contributed by atoms with E-state index in [2.05, 4.69) is 5.32 Å². The summed E-state index contributed by atoms with van der Waals surface area (Å²) in [4.78, 5) is 41.3. The van der Waals surface area contributed by atoms with Crippen LogP contribution in [0, 0.1) is 0 Å². The number of primary amides is 1. The monoisotopic (exact) mass is 481 g/mol. The van der Waals surface area contributed by atoms with E-state index in [9.17, 15) is 14.4 Å². The molecule has 0 saturated carbocycles. The molecule has 0 atom stereocenters. The number of carbonyl (C=O) groups excluding carboxylic acids is 3. The Kier molecular flexibility index (Phi) is 5.95. The lowest BCUT2D eigenvalue weighted by atomic mass is 9.99. The quantitative estimate of drug-likeness (QED) is 0.331. The van der Waals surface area contributed by atoms with Crippen LogP contribution in [0.2, 0.25) is 0 Å². The van der Waals surface area contributed by atoms with E-state index < -0.39 is 24.4 Å². The van der Waals surface area contributed by atoms with Crippen LogP contribution in [0.4, 0.5) is 5.69 Å². The number of benzene rings is 4. The van der Waals surface area contributed by atoms with E-state index in [1.165, 1.54) is 12.1 Å². The van der Waals surface area contributed by atoms with Crippen LogP contribution in [0.5, 0.6) is 0 Å². The van der Waals surface area contributed by atoms with Gasteiger partial charge in [0.05, 0.1) is 15.8 Å². The van der Waals surface area contributed by atoms with E-state index in [1.54, 1.807) is 35.6 Å². The largest absolute Gasteiger partial charge is 0.452 e. The minimum Gasteiger partial charge on any atom is -0.452 e. The summed E-state index contributed by atoms with van der Waals surface area (Å²) in [6.45, 7) is -0.462. The SMILES string of the molecule is NC(=O)c1ccc(NC(=O)COC(=O)c2cccc3cccc(-c4nc5ccccc5s4)c23)cc1. The number of carbonyl (C=O) groups is 3. The number of ether oxygens (including phenoxy) is 1. The first kappa shape index (κ1) is 22.2. The fourth-order valence-corrected chi connectivity index (χ4v) is 4.80. The van der Waals surface area contributed by atoms with E-state index in [4.69, 9.17) is 15.5 Å². The van der Waals surface area contributed by atoms with Crippen molar-refractivity contribution in [2.24, 2.45) is 5.73 Å². The molecule has 0 spiro atoms. The first-order valence-corrected chi connectivity index (χ1v) is 11.6. The molecule has 1 heterocycles. The number of rotatable bonds is 6. The molecule has 0 aliphatic rings. The zero-order valence-corrected chi connectivity index (χ0v) is 19.2. The number of fused-ring (bicyclic) bond motifs is 2. The fraction of sp³-hybridized carbons (Fsp3) is 0.0370. The zero-order chi connectivity index (χ0) is 24.4. The molecular weight excluding hydrogens is 462 g/mol. The molecule has 0 fully saturated rings. The molecule has 4 aromatic carbocycles. The van der Waals surface area contributed by atoms with Gasteiger partial charge in [-0.3, -0.25) is 9.59 Å². The van der Waals surface area contributed by atoms with E-state index in [-0.39, 0.29) is 0 Å². The number of aromatic nitrogens is 1. The summed E-state index contributed by atoms with van der Waals surface area (Å²) in [5, 5.41) is 5.02. The molecule has 35 heavy (non-hydrogen) atoms. The Morgan fingerprint density at radius 3 is 2.37 bits per heavy atom. The molecule has 0 unspecified atom stereocenters. The predicted molar refractivity (Wildman–Crippen MR) is 136 cm³/mol. The van der Waals surface area contributed by atoms with Gasteiger partial charge in [0, 0.05) is 22.2 Å². The molecule has 1 aromatic heterocycles. The Balaban J connectivity index is 1.38. The summed E-state index contributed by atoms with van der Waals surface area (Å²) in [7, 11) is 0. The Morgan fingerprint density at radius 1 is 0.886 bits per heavy atom. The molecule has 5 rings (SSSR count). The van der Waals surface area contributed by atoms with Gasteiger partial charge in [-0.15, -0.1) is 11.3 Å². The third kappa shape index (κ3) is 4.60. The Labute approximate surface area is 204 Å². The van der Waals surface area contributed by atoms with Gasteiger partial charge in [0.1, 0.15) is 5.01 Å². The molecule has 8 heteroatoms. The third-order valence-electron chi connectivity index (χ3n) is 5.44. The molecule has 172 valence electrons. The number of hydrogen-bond donors (Lipinski definition) is 2. The van der Waals surface area contributed by atoms with Crippen molar-refractivity contribution in [1.29, 1.82) is 0 Å². The highest BCUT2D eigenvalue weighted by atomic mass is 32.1. The number of nitrogens with zero attached hydrogens (tertiary/aromatic N) is 1. The second kappa shape index (κ2) is 9.36. The van der Waals surface area contributed by atoms with Crippen molar-refractivity contribution in [2.75, 3.05) is 11.9 Å². The molecule has 3 N–H and O–H groups in total. The highest BCUT2D eigenvalue weighted by Crippen LogP contribution is 2.36. The second-order valence-corrected chi connectivity index (χ2v) is 8.79. The lowest BCUT2D eigenvalue weighted by Gasteiger charge is -2.11. The maximum absolute atomic E-state index is 13.0. The molecule has 0 saturated heterocycles. The Hall–Kier alpha value is -4.56. The van der Waals surface area contributed by atoms with Crippen LogP contribution in [-0.2, 0) is 9.53 Å². The van der Waals surface area contributed by atoms with E-state index >= 15 is 0 Å². The van der Waals surface area contributed by atoms with Crippen molar-refractivity contribution in [2.45, 2.75) is 0 Å². The average molecular weight is 482 g/mol. The smallest absolute Gasteiger partial charge is 0.339 e. The number of nitrogens with two attached hydrogens (primary N) is 1. The summed E-state index contributed by atoms with van der Waals surface area (Å²) in [5.74, 6) is -1.67. The minimum absolute atomic E-state index is 0.328. The first-order valence-electron chi connectivity index (χ1n) is 10.7. The van der Waals surface area contributed by atoms with Crippen LogP contribution < -0.4 is 11.1 Å². The van der Waals surface area contributed by atoms with Gasteiger partial charge in [-0.05, 0) is 47.9 Å². The van der Waals surface area contributed by atoms with Gasteiger partial charge in [-0.25, -0.2) is 9.78 Å². The number of hydrogen-bond acceptors (Lipinski definition) is 6. The highest BCUT2D eigenvalue weighted by molar-refractivity contribution is 7.21. The predicted octanol–water partition coefficient (Wildman–Crippen LogP) is 5.01. The summed E-state index contributed by atoms with van der Waals surface area (Å²) >= 11 is 1.55. The van der Waals surface area contributed by atoms with Crippen LogP contribution in [0.1, 0.15) is 20.7 Å². The first-order chi connectivity index (χ1) is 17.0. The van der Waals surface area contributed by atoms with Crippen molar-refractivity contribution >= 4 is 55.8 Å². The Bertz CT molecular complexity index is 1550. The second-order valence-electron chi connectivity index (χ2n) is 7.76. The van der Waals surface area contributed by atoms with Crippen LogP contribution in [0.15, 0.2) is 84.9 Å². The molecule has 0 aliphatic heterocycles. The summed E-state index contributed by atoms with van der Waals surface area (Å²) in [5.41, 5.74) is 8.09. The van der Waals surface area contributed by atoms with Crippen LogP contribution in [-0.4, -0.2) is 29.4 Å². The molecule has 5 aromatic rings. The van der Waals surface area contributed by atoms with E-state index in [0.717, 1.165) is 31.6 Å². The maximum Gasteiger partial charge on any atom is 0.339 e. The fourth-order valence-electron chi connectivity index (χ4n) is 3.80. The van der Waals surface area contributed by atoms with Gasteiger partial charge in [0.2, 0.25) is 5.91 Å². The van der Waals surface area contributed by atoms with Gasteiger partial charge in [-0.1, -0.05) is 42.5 Å². The molecule has 0 bridgehead atoms. The van der Waals surface area contributed by atoms with Gasteiger partial charge in [0.25, 0.3) is 5.91 Å². The van der Waals surface area contributed by atoms with Crippen molar-refractivity contribution in [3.8, 4) is 10.6 Å². The summed E-state index contributed by atoms with van der Waals surface area (Å²) in [6.07, 6.45) is 0. The Morgan fingerprint density at radius 2 is 1.63 bits per heavy atom. The standard InChI is InChI=1S/C27H19N3O4S/c28-25(32)17-11-13-18(14-12-17)29-23(31)15-34-27(33)20-8-4-6-16-5-3-7-19(24(16)20)26-30-21-9-1-2-10-22(21)35-26/h1-14H,15H2,(H2,28,32)(H,29,31). The topological polar surface area (TPSA) is 111 Å². The lowest BCUT2D eigenvalue weighted by molar-refractivity contribution is -0.119. The van der Waals surface area contributed by atoms with Crippen molar-refractivity contribution in [1.82, 2.24) is 4.98 Å². The number of nitrogens with one attached hydrogen (secondary N) is 1. The van der Waals surface area contributed by atoms with Gasteiger partial charge in [-0.2, -0.15) is 0 Å². The number of thiazole rings is 1. The number of amides is 2. The molecule has 2 amide bonds. The molecule has 0 radical (unpaired) electrons. The van der Waals surface area contributed by atoms with E-state index in [0.29, 0.717) is 16.8 Å². The lowest BCUT2D eigenvalue weighted by Crippen LogP contribution is -2.21. The number of anilines is 1. The number of esters is 1. The zero-order valence-electron chi connectivity index (χ0n) is 18.4. The van der Waals surface area contributed by atoms with Crippen molar-refractivity contribution in [3.63, 3.8) is 0 Å². The van der Waals surface area contributed by atoms with Crippen LogP contribution in [0.25, 0.3) is 31.6 Å².